The van der Waals surface area contributed by atoms with Crippen molar-refractivity contribution < 1.29 is 14.3 Å². The first kappa shape index (κ1) is 16.7. The predicted octanol–water partition coefficient (Wildman–Crippen LogP) is 2.69. The predicted molar refractivity (Wildman–Crippen MR) is 90.3 cm³/mol. The lowest BCUT2D eigenvalue weighted by Gasteiger charge is -2.10. The van der Waals surface area contributed by atoms with Crippen LogP contribution in [0.1, 0.15) is 20.7 Å². The van der Waals surface area contributed by atoms with Crippen LogP contribution in [0.3, 0.4) is 0 Å². The van der Waals surface area contributed by atoms with E-state index in [1.807, 2.05) is 19.0 Å². The number of benzene rings is 2. The Kier molecular flexibility index (Phi) is 5.49. The number of amides is 1. The molecule has 0 saturated carbocycles. The van der Waals surface area contributed by atoms with Crippen molar-refractivity contribution >= 4 is 17.4 Å². The lowest BCUT2D eigenvalue weighted by molar-refractivity contribution is 0.0956. The second-order valence-electron chi connectivity index (χ2n) is 5.42. The highest BCUT2D eigenvalue weighted by molar-refractivity contribution is 6.05. The molecule has 0 aliphatic rings. The largest absolute Gasteiger partial charge is 0.497 e. The molecule has 2 aromatic carbocycles. The van der Waals surface area contributed by atoms with Gasteiger partial charge in [-0.2, -0.15) is 0 Å². The summed E-state index contributed by atoms with van der Waals surface area (Å²) in [6, 6.07) is 13.8. The average Bonchev–Trinajstić information content (AvgIpc) is 2.54. The molecule has 0 spiro atoms. The van der Waals surface area contributed by atoms with Crippen LogP contribution in [0.4, 0.5) is 5.69 Å². The van der Waals surface area contributed by atoms with Crippen molar-refractivity contribution in [3.8, 4) is 5.75 Å². The van der Waals surface area contributed by atoms with Gasteiger partial charge < -0.3 is 15.0 Å². The summed E-state index contributed by atoms with van der Waals surface area (Å²) in [4.78, 5) is 26.1. The van der Waals surface area contributed by atoms with E-state index in [0.29, 0.717) is 29.1 Å². The summed E-state index contributed by atoms with van der Waals surface area (Å²) in [6.07, 6.45) is 0. The molecule has 0 aliphatic carbocycles. The molecule has 2 rings (SSSR count). The second kappa shape index (κ2) is 7.56. The molecule has 0 fully saturated rings. The third kappa shape index (κ3) is 4.66. The van der Waals surface area contributed by atoms with Crippen LogP contribution in [-0.2, 0) is 0 Å². The molecule has 1 amide bonds. The van der Waals surface area contributed by atoms with E-state index in [1.165, 1.54) is 0 Å². The van der Waals surface area contributed by atoms with Gasteiger partial charge in [0.25, 0.3) is 5.91 Å². The molecule has 0 unspecified atom stereocenters. The van der Waals surface area contributed by atoms with Gasteiger partial charge in [-0.15, -0.1) is 0 Å². The number of carbonyl (C=O) groups is 2. The SMILES string of the molecule is COc1ccc(C(=O)Nc2cccc(C(=O)CN(C)C)c2)cc1. The van der Waals surface area contributed by atoms with Crippen LogP contribution in [-0.4, -0.2) is 44.3 Å². The number of ether oxygens (including phenoxy) is 1. The van der Waals surface area contributed by atoms with Gasteiger partial charge in [0.05, 0.1) is 13.7 Å². The zero-order valence-electron chi connectivity index (χ0n) is 13.5. The molecule has 23 heavy (non-hydrogen) atoms. The maximum Gasteiger partial charge on any atom is 0.255 e. The second-order valence-corrected chi connectivity index (χ2v) is 5.42. The zero-order valence-corrected chi connectivity index (χ0v) is 13.5. The van der Waals surface area contributed by atoms with Gasteiger partial charge in [-0.25, -0.2) is 0 Å². The van der Waals surface area contributed by atoms with E-state index in [9.17, 15) is 9.59 Å². The summed E-state index contributed by atoms with van der Waals surface area (Å²) in [6.45, 7) is 0.329. The van der Waals surface area contributed by atoms with E-state index in [1.54, 1.807) is 55.6 Å². The molecule has 0 aliphatic heterocycles. The van der Waals surface area contributed by atoms with Crippen molar-refractivity contribution in [1.29, 1.82) is 0 Å². The number of nitrogens with one attached hydrogen (secondary N) is 1. The summed E-state index contributed by atoms with van der Waals surface area (Å²) in [7, 11) is 5.26. The van der Waals surface area contributed by atoms with Crippen LogP contribution in [0.25, 0.3) is 0 Å². The molecule has 0 aromatic heterocycles. The summed E-state index contributed by atoms with van der Waals surface area (Å²) < 4.78 is 5.07. The van der Waals surface area contributed by atoms with E-state index in [-0.39, 0.29) is 11.7 Å². The summed E-state index contributed by atoms with van der Waals surface area (Å²) in [5.41, 5.74) is 1.69. The van der Waals surface area contributed by atoms with Gasteiger partial charge in [-0.3, -0.25) is 9.59 Å². The molecule has 0 atom stereocenters. The van der Waals surface area contributed by atoms with E-state index in [4.69, 9.17) is 4.74 Å². The van der Waals surface area contributed by atoms with Gasteiger partial charge in [0.2, 0.25) is 0 Å². The number of rotatable bonds is 6. The molecule has 2 aromatic rings. The topological polar surface area (TPSA) is 58.6 Å². The van der Waals surface area contributed by atoms with Gasteiger partial charge in [0.1, 0.15) is 5.75 Å². The minimum Gasteiger partial charge on any atom is -0.497 e. The third-order valence-corrected chi connectivity index (χ3v) is 3.25. The highest BCUT2D eigenvalue weighted by atomic mass is 16.5. The van der Waals surface area contributed by atoms with Crippen molar-refractivity contribution in [1.82, 2.24) is 4.90 Å². The monoisotopic (exact) mass is 312 g/mol. The van der Waals surface area contributed by atoms with Crippen LogP contribution in [0.15, 0.2) is 48.5 Å². The number of Topliss-reactive ketones (excluding diaryl/α,β-unsaturated/α-hetero) is 1. The first-order valence-corrected chi connectivity index (χ1v) is 7.23. The van der Waals surface area contributed by atoms with Crippen molar-refractivity contribution in [2.75, 3.05) is 33.1 Å². The van der Waals surface area contributed by atoms with Crippen LogP contribution in [0, 0.1) is 0 Å². The Balaban J connectivity index is 2.10. The Bertz CT molecular complexity index is 694. The van der Waals surface area contributed by atoms with Gasteiger partial charge in [-0.1, -0.05) is 12.1 Å². The molecule has 5 nitrogen and oxygen atoms in total. The Morgan fingerprint density at radius 2 is 1.74 bits per heavy atom. The van der Waals surface area contributed by atoms with Crippen LogP contribution >= 0.6 is 0 Å². The summed E-state index contributed by atoms with van der Waals surface area (Å²) in [5.74, 6) is 0.471. The smallest absolute Gasteiger partial charge is 0.255 e. The lowest BCUT2D eigenvalue weighted by Crippen LogP contribution is -2.21. The number of anilines is 1. The van der Waals surface area contributed by atoms with E-state index in [0.717, 1.165) is 0 Å². The highest BCUT2D eigenvalue weighted by Crippen LogP contribution is 2.15. The fourth-order valence-corrected chi connectivity index (χ4v) is 2.09. The standard InChI is InChI=1S/C18H20N2O3/c1-20(2)12-17(21)14-5-4-6-15(11-14)19-18(22)13-7-9-16(23-3)10-8-13/h4-11H,12H2,1-3H3,(H,19,22). The van der Waals surface area contributed by atoms with Gasteiger partial charge in [0, 0.05) is 16.8 Å². The molecule has 1 N–H and O–H groups in total. The fourth-order valence-electron chi connectivity index (χ4n) is 2.09. The molecule has 120 valence electrons. The summed E-state index contributed by atoms with van der Waals surface area (Å²) >= 11 is 0. The number of hydrogen-bond donors (Lipinski definition) is 1. The van der Waals surface area contributed by atoms with Crippen LogP contribution in [0.5, 0.6) is 5.75 Å². The highest BCUT2D eigenvalue weighted by Gasteiger charge is 2.10. The van der Waals surface area contributed by atoms with Crippen molar-refractivity contribution in [2.24, 2.45) is 0 Å². The number of nitrogens with zero attached hydrogens (tertiary/aromatic N) is 1. The van der Waals surface area contributed by atoms with E-state index >= 15 is 0 Å². The van der Waals surface area contributed by atoms with Crippen molar-refractivity contribution in [2.45, 2.75) is 0 Å². The minimum atomic E-state index is -0.232. The maximum absolute atomic E-state index is 12.2. The summed E-state index contributed by atoms with van der Waals surface area (Å²) in [5, 5.41) is 2.80. The van der Waals surface area contributed by atoms with E-state index in [2.05, 4.69) is 5.32 Å². The number of ketones is 1. The molecule has 5 heteroatoms. The number of hydrogen-bond acceptors (Lipinski definition) is 4. The van der Waals surface area contributed by atoms with E-state index < -0.39 is 0 Å². The number of carbonyl (C=O) groups excluding carboxylic acids is 2. The first-order valence-electron chi connectivity index (χ1n) is 7.23. The maximum atomic E-state index is 12.2. The minimum absolute atomic E-state index is 0.00977. The Hall–Kier alpha value is -2.66. The van der Waals surface area contributed by atoms with Crippen LogP contribution < -0.4 is 10.1 Å². The Morgan fingerprint density at radius 3 is 2.35 bits per heavy atom. The third-order valence-electron chi connectivity index (χ3n) is 3.25. The van der Waals surface area contributed by atoms with Gasteiger partial charge >= 0.3 is 0 Å². The van der Waals surface area contributed by atoms with Gasteiger partial charge in [-0.05, 0) is 50.5 Å². The molecule has 0 saturated heterocycles. The Morgan fingerprint density at radius 1 is 1.04 bits per heavy atom. The Labute approximate surface area is 135 Å². The van der Waals surface area contributed by atoms with Crippen molar-refractivity contribution in [3.05, 3.63) is 59.7 Å². The quantitative estimate of drug-likeness (QED) is 0.833. The molecular formula is C18H20N2O3. The molecular weight excluding hydrogens is 292 g/mol. The fraction of sp³-hybridized carbons (Fsp3) is 0.222. The van der Waals surface area contributed by atoms with Crippen molar-refractivity contribution in [3.63, 3.8) is 0 Å². The first-order chi connectivity index (χ1) is 11.0. The molecule has 0 bridgehead atoms. The average molecular weight is 312 g/mol. The normalized spacial score (nSPS) is 10.4. The molecule has 0 radical (unpaired) electrons. The lowest BCUT2D eigenvalue weighted by atomic mass is 10.1. The zero-order chi connectivity index (χ0) is 16.8. The van der Waals surface area contributed by atoms with Crippen LogP contribution in [0.2, 0.25) is 0 Å². The number of likely N-dealkylation sites (N-methyl/N-ethyl adjacent to an activating group) is 1. The molecule has 0 heterocycles. The number of methoxy groups -OCH3 is 1. The van der Waals surface area contributed by atoms with Gasteiger partial charge in [0.15, 0.2) is 5.78 Å².